The van der Waals surface area contributed by atoms with Crippen LogP contribution < -0.4 is 10.3 Å². The molecular weight excluding hydrogens is 396 g/mol. The van der Waals surface area contributed by atoms with Gasteiger partial charge in [-0.2, -0.15) is 0 Å². The van der Waals surface area contributed by atoms with Gasteiger partial charge in [-0.15, -0.1) is 0 Å². The summed E-state index contributed by atoms with van der Waals surface area (Å²) in [4.78, 5) is 31.9. The number of likely N-dealkylation sites (tertiary alicyclic amines) is 1. The first-order valence-electron chi connectivity index (χ1n) is 10.1. The van der Waals surface area contributed by atoms with Crippen molar-refractivity contribution in [3.8, 4) is 22.7 Å². The molecule has 2 aromatic carbocycles. The molecule has 2 aromatic heterocycles. The van der Waals surface area contributed by atoms with E-state index in [0.29, 0.717) is 28.1 Å². The molecule has 1 aliphatic heterocycles. The van der Waals surface area contributed by atoms with E-state index in [9.17, 15) is 9.59 Å². The average molecular weight is 416 g/mol. The van der Waals surface area contributed by atoms with Crippen LogP contribution in [0.3, 0.4) is 0 Å². The molecule has 3 heterocycles. The van der Waals surface area contributed by atoms with Gasteiger partial charge in [0.1, 0.15) is 23.2 Å². The summed E-state index contributed by atoms with van der Waals surface area (Å²) in [6.07, 6.45) is 3.49. The number of aromatic nitrogens is 3. The zero-order valence-electron chi connectivity index (χ0n) is 16.9. The van der Waals surface area contributed by atoms with Crippen LogP contribution in [0.1, 0.15) is 23.2 Å². The number of carbonyl (C=O) groups excluding carboxylic acids is 1. The second-order valence-corrected chi connectivity index (χ2v) is 7.41. The first-order valence-corrected chi connectivity index (χ1v) is 10.1. The van der Waals surface area contributed by atoms with Crippen LogP contribution in [0.4, 0.5) is 0 Å². The van der Waals surface area contributed by atoms with Gasteiger partial charge in [0.15, 0.2) is 0 Å². The van der Waals surface area contributed by atoms with Crippen LogP contribution >= 0.6 is 0 Å². The summed E-state index contributed by atoms with van der Waals surface area (Å²) in [6.45, 7) is 1.59. The number of rotatable bonds is 4. The molecule has 0 unspecified atom stereocenters. The van der Waals surface area contributed by atoms with Crippen molar-refractivity contribution in [1.29, 1.82) is 0 Å². The smallest absolute Gasteiger partial charge is 0.271 e. The predicted octanol–water partition coefficient (Wildman–Crippen LogP) is 3.29. The van der Waals surface area contributed by atoms with Crippen molar-refractivity contribution >= 4 is 17.0 Å². The van der Waals surface area contributed by atoms with Crippen LogP contribution in [0.5, 0.6) is 5.75 Å². The van der Waals surface area contributed by atoms with E-state index in [1.165, 1.54) is 10.9 Å². The van der Waals surface area contributed by atoms with Crippen molar-refractivity contribution in [2.45, 2.75) is 12.8 Å². The highest BCUT2D eigenvalue weighted by Crippen LogP contribution is 2.26. The molecule has 8 heteroatoms. The summed E-state index contributed by atoms with van der Waals surface area (Å²) in [6, 6.07) is 14.2. The highest BCUT2D eigenvalue weighted by Gasteiger charge is 2.20. The third kappa shape index (κ3) is 3.35. The number of nitrogens with zero attached hydrogens (tertiary/aromatic N) is 4. The van der Waals surface area contributed by atoms with Gasteiger partial charge in [0.2, 0.25) is 0 Å². The van der Waals surface area contributed by atoms with E-state index in [4.69, 9.17) is 9.26 Å². The number of benzene rings is 2. The summed E-state index contributed by atoms with van der Waals surface area (Å²) in [5, 5.41) is 4.35. The average Bonchev–Trinajstić information content (AvgIpc) is 3.50. The molecule has 0 atom stereocenters. The molecule has 0 N–H and O–H groups in total. The van der Waals surface area contributed by atoms with Gasteiger partial charge in [-0.1, -0.05) is 5.16 Å². The molecule has 0 spiro atoms. The van der Waals surface area contributed by atoms with Crippen molar-refractivity contribution in [2.75, 3.05) is 20.2 Å². The van der Waals surface area contributed by atoms with Crippen molar-refractivity contribution in [2.24, 2.45) is 0 Å². The summed E-state index contributed by atoms with van der Waals surface area (Å²) >= 11 is 0. The summed E-state index contributed by atoms with van der Waals surface area (Å²) in [5.41, 5.74) is 2.24. The topological polar surface area (TPSA) is 90.5 Å². The van der Waals surface area contributed by atoms with Crippen LogP contribution in [-0.4, -0.2) is 45.7 Å². The second-order valence-electron chi connectivity index (χ2n) is 7.41. The summed E-state index contributed by atoms with van der Waals surface area (Å²) in [7, 11) is 1.59. The van der Waals surface area contributed by atoms with Crippen molar-refractivity contribution in [1.82, 2.24) is 19.6 Å². The van der Waals surface area contributed by atoms with Crippen LogP contribution in [0, 0.1) is 0 Å². The van der Waals surface area contributed by atoms with E-state index in [-0.39, 0.29) is 17.2 Å². The number of amides is 1. The standard InChI is InChI=1S/C23H20N4O4/c1-30-18-10-6-15(7-11-18)20-19-21(31-25-20)24-14-27(23(19)29)17-8-4-16(5-9-17)22(28)26-12-2-3-13-26/h4-11,14H,2-3,12-13H2,1H3. The first kappa shape index (κ1) is 19.0. The highest BCUT2D eigenvalue weighted by atomic mass is 16.5. The molecular formula is C23H20N4O4. The van der Waals surface area contributed by atoms with Gasteiger partial charge in [0.05, 0.1) is 12.8 Å². The maximum atomic E-state index is 13.3. The van der Waals surface area contributed by atoms with Gasteiger partial charge in [-0.05, 0) is 61.4 Å². The largest absolute Gasteiger partial charge is 0.497 e. The maximum Gasteiger partial charge on any atom is 0.271 e. The van der Waals surface area contributed by atoms with Crippen LogP contribution in [-0.2, 0) is 0 Å². The van der Waals surface area contributed by atoms with Gasteiger partial charge in [-0.25, -0.2) is 4.98 Å². The Hall–Kier alpha value is -3.94. The molecule has 0 aliphatic carbocycles. The molecule has 0 radical (unpaired) electrons. The maximum absolute atomic E-state index is 13.3. The van der Waals surface area contributed by atoms with Crippen LogP contribution in [0.25, 0.3) is 28.0 Å². The molecule has 31 heavy (non-hydrogen) atoms. The van der Waals surface area contributed by atoms with Crippen molar-refractivity contribution in [3.05, 3.63) is 70.8 Å². The zero-order chi connectivity index (χ0) is 21.4. The molecule has 1 amide bonds. The minimum atomic E-state index is -0.296. The lowest BCUT2D eigenvalue weighted by Gasteiger charge is -2.15. The zero-order valence-corrected chi connectivity index (χ0v) is 16.9. The van der Waals surface area contributed by atoms with E-state index < -0.39 is 0 Å². The number of hydrogen-bond donors (Lipinski definition) is 0. The fourth-order valence-electron chi connectivity index (χ4n) is 3.84. The van der Waals surface area contributed by atoms with Crippen LogP contribution in [0.15, 0.2) is 64.2 Å². The Morgan fingerprint density at radius 1 is 1.03 bits per heavy atom. The van der Waals surface area contributed by atoms with E-state index >= 15 is 0 Å². The number of ether oxygens (including phenoxy) is 1. The number of methoxy groups -OCH3 is 1. The van der Waals surface area contributed by atoms with E-state index in [2.05, 4.69) is 10.1 Å². The lowest BCUT2D eigenvalue weighted by molar-refractivity contribution is 0.0793. The molecule has 1 aliphatic rings. The summed E-state index contributed by atoms with van der Waals surface area (Å²) < 4.78 is 11.9. The van der Waals surface area contributed by atoms with E-state index in [1.807, 2.05) is 17.0 Å². The highest BCUT2D eigenvalue weighted by molar-refractivity contribution is 5.94. The van der Waals surface area contributed by atoms with Gasteiger partial charge >= 0.3 is 0 Å². The molecule has 0 saturated carbocycles. The molecule has 4 aromatic rings. The van der Waals surface area contributed by atoms with Gasteiger partial charge in [0, 0.05) is 24.2 Å². The SMILES string of the molecule is COc1ccc(-c2noc3ncn(-c4ccc(C(=O)N5CCCC5)cc4)c(=O)c23)cc1. The summed E-state index contributed by atoms with van der Waals surface area (Å²) in [5.74, 6) is 0.724. The minimum absolute atomic E-state index is 0.0193. The molecule has 1 fully saturated rings. The third-order valence-corrected chi connectivity index (χ3v) is 5.55. The molecule has 156 valence electrons. The lowest BCUT2D eigenvalue weighted by Crippen LogP contribution is -2.27. The number of fused-ring (bicyclic) bond motifs is 1. The fourth-order valence-corrected chi connectivity index (χ4v) is 3.84. The Morgan fingerprint density at radius 3 is 2.42 bits per heavy atom. The Kier molecular flexibility index (Phi) is 4.74. The van der Waals surface area contributed by atoms with Crippen LogP contribution in [0.2, 0.25) is 0 Å². The molecule has 0 bridgehead atoms. The number of hydrogen-bond acceptors (Lipinski definition) is 6. The van der Waals surface area contributed by atoms with Gasteiger partial charge in [0.25, 0.3) is 17.2 Å². The Balaban J connectivity index is 1.52. The molecule has 5 rings (SSSR count). The fraction of sp³-hybridized carbons (Fsp3) is 0.217. The second kappa shape index (κ2) is 7.71. The quantitative estimate of drug-likeness (QED) is 0.507. The lowest BCUT2D eigenvalue weighted by atomic mass is 10.1. The Morgan fingerprint density at radius 2 is 1.74 bits per heavy atom. The van der Waals surface area contributed by atoms with Crippen molar-refractivity contribution in [3.63, 3.8) is 0 Å². The molecule has 1 saturated heterocycles. The third-order valence-electron chi connectivity index (χ3n) is 5.55. The van der Waals surface area contributed by atoms with Gasteiger partial charge in [-0.3, -0.25) is 14.2 Å². The minimum Gasteiger partial charge on any atom is -0.497 e. The predicted molar refractivity (Wildman–Crippen MR) is 115 cm³/mol. The Bertz CT molecular complexity index is 1300. The first-order chi connectivity index (χ1) is 15.2. The Labute approximate surface area is 177 Å². The van der Waals surface area contributed by atoms with Gasteiger partial charge < -0.3 is 14.2 Å². The normalized spacial score (nSPS) is 13.6. The van der Waals surface area contributed by atoms with Crippen molar-refractivity contribution < 1.29 is 14.1 Å². The van der Waals surface area contributed by atoms with E-state index in [1.54, 1.807) is 43.5 Å². The number of carbonyl (C=O) groups is 1. The van der Waals surface area contributed by atoms with E-state index in [0.717, 1.165) is 31.5 Å². The monoisotopic (exact) mass is 416 g/mol. The molecule has 8 nitrogen and oxygen atoms in total.